The van der Waals surface area contributed by atoms with Crippen molar-refractivity contribution in [2.24, 2.45) is 0 Å². The van der Waals surface area contributed by atoms with Crippen LogP contribution in [0.3, 0.4) is 0 Å². The monoisotopic (exact) mass is 1070 g/mol. The fourth-order valence-electron chi connectivity index (χ4n) is 8.46. The molecule has 8 aromatic carbocycles. The summed E-state index contributed by atoms with van der Waals surface area (Å²) in [6, 6.07) is 53.2. The Bertz CT molecular complexity index is 1890. The second-order valence-corrected chi connectivity index (χ2v) is 17.2. The normalized spacial score (nSPS) is 10.2. The van der Waals surface area contributed by atoms with Crippen LogP contribution in [0.4, 0.5) is 0 Å². The summed E-state index contributed by atoms with van der Waals surface area (Å²) in [6.07, 6.45) is 26.6. The van der Waals surface area contributed by atoms with Gasteiger partial charge in [-0.15, -0.1) is 162 Å². The summed E-state index contributed by atoms with van der Waals surface area (Å²) in [5.74, 6) is 0. The first-order valence-corrected chi connectivity index (χ1v) is 28.4. The molecule has 0 saturated carbocycles. The summed E-state index contributed by atoms with van der Waals surface area (Å²) in [6.45, 7) is 9.04. The molecule has 352 valence electrons. The van der Waals surface area contributed by atoms with Gasteiger partial charge < -0.3 is 24.8 Å². The zero-order valence-corrected chi connectivity index (χ0v) is 47.6. The summed E-state index contributed by atoms with van der Waals surface area (Å²) in [7, 11) is 0. The largest absolute Gasteiger partial charge is 1.00 e. The van der Waals surface area contributed by atoms with Gasteiger partial charge in [0.15, 0.2) is 0 Å². The van der Waals surface area contributed by atoms with Gasteiger partial charge in [-0.1, -0.05) is 155 Å². The Hall–Kier alpha value is -2.59. The van der Waals surface area contributed by atoms with Crippen LogP contribution in [-0.4, -0.2) is 8.42 Å². The van der Waals surface area contributed by atoms with Crippen LogP contribution in [0, 0.1) is 0 Å². The molecule has 8 aromatic rings. The molecule has 0 aromatic heterocycles. The number of hydrogen-bond acceptors (Lipinski definition) is 0. The first-order chi connectivity index (χ1) is 31.6. The quantitative estimate of drug-likeness (QED) is 0.0527. The fraction of sp³-hybridized carbons (Fsp3) is 0.387. The second-order valence-electron chi connectivity index (χ2n) is 17.2. The molecule has 0 fully saturated rings. The van der Waals surface area contributed by atoms with E-state index in [1.165, 1.54) is 242 Å². The fourth-order valence-corrected chi connectivity index (χ4v) is 8.46. The summed E-state index contributed by atoms with van der Waals surface area (Å²) in [5.41, 5.74) is 6.03. The van der Waals surface area contributed by atoms with E-state index in [2.05, 4.69) is 182 Å². The van der Waals surface area contributed by atoms with Crippen LogP contribution in [0.15, 0.2) is 146 Å². The maximum atomic E-state index is 3.34. The Kier molecular flexibility index (Phi) is 36.5. The third kappa shape index (κ3) is 23.6. The average Bonchev–Trinajstić information content (AvgIpc) is 4.16. The van der Waals surface area contributed by atoms with Gasteiger partial charge in [0.2, 0.25) is 0 Å². The van der Waals surface area contributed by atoms with Crippen LogP contribution in [0.1, 0.15) is 153 Å². The van der Waals surface area contributed by atoms with Crippen molar-refractivity contribution in [1.29, 1.82) is 0 Å². The van der Waals surface area contributed by atoms with Gasteiger partial charge in [-0.3, -0.25) is 0 Å². The van der Waals surface area contributed by atoms with Crippen LogP contribution >= 0.6 is 0 Å². The summed E-state index contributed by atoms with van der Waals surface area (Å²) < 4.78 is 6.68. The zero-order chi connectivity index (χ0) is 46.0. The van der Waals surface area contributed by atoms with Crippen molar-refractivity contribution in [2.75, 3.05) is 0 Å². The van der Waals surface area contributed by atoms with Gasteiger partial charge in [0, 0.05) is 0 Å². The van der Waals surface area contributed by atoms with E-state index in [9.17, 15) is 0 Å². The molecule has 0 spiro atoms. The van der Waals surface area contributed by atoms with Crippen LogP contribution in [-0.2, 0) is 74.2 Å². The predicted molar refractivity (Wildman–Crippen MR) is 284 cm³/mol. The summed E-state index contributed by atoms with van der Waals surface area (Å²) >= 11 is 2.60. The van der Waals surface area contributed by atoms with E-state index < -0.39 is 0 Å². The molecule has 0 N–H and O–H groups in total. The standard InChI is InChI=1S/4C15H19.2CH2.2ClH.2Zr/c4*1-2-3-4-5-8-13-11-14-9-6-7-10-15(14)12-13;;;;;;/h4*6-7,9-12H,2-5,8H2,1H3;2*1H2;2*1H;;/q4*-1;;;;;2*+2/p-2. The third-order valence-corrected chi connectivity index (χ3v) is 12.0. The van der Waals surface area contributed by atoms with E-state index >= 15 is 0 Å². The van der Waals surface area contributed by atoms with Gasteiger partial charge in [-0.2, -0.15) is 24.3 Å². The number of hydrogen-bond donors (Lipinski definition) is 0. The van der Waals surface area contributed by atoms with E-state index in [4.69, 9.17) is 0 Å². The van der Waals surface area contributed by atoms with Crippen molar-refractivity contribution in [3.63, 3.8) is 0 Å². The summed E-state index contributed by atoms with van der Waals surface area (Å²) in [4.78, 5) is 0. The third-order valence-electron chi connectivity index (χ3n) is 12.0. The summed E-state index contributed by atoms with van der Waals surface area (Å²) in [5, 5.41) is 11.1. The molecular weight excluding hydrogens is 998 g/mol. The molecule has 0 saturated heterocycles. The molecule has 66 heavy (non-hydrogen) atoms. The van der Waals surface area contributed by atoms with Crippen molar-refractivity contribution in [3.8, 4) is 0 Å². The van der Waals surface area contributed by atoms with Crippen molar-refractivity contribution in [2.45, 2.75) is 156 Å². The molecule has 0 heterocycles. The molecule has 0 unspecified atom stereocenters. The number of benzene rings is 4. The van der Waals surface area contributed by atoms with Gasteiger partial charge in [-0.25, -0.2) is 0 Å². The van der Waals surface area contributed by atoms with E-state index in [-0.39, 0.29) is 24.8 Å². The van der Waals surface area contributed by atoms with Crippen LogP contribution in [0.2, 0.25) is 0 Å². The van der Waals surface area contributed by atoms with Crippen LogP contribution in [0.5, 0.6) is 0 Å². The van der Waals surface area contributed by atoms with Gasteiger partial charge >= 0.3 is 56.9 Å². The smallest absolute Gasteiger partial charge is 1.00 e. The average molecular weight is 1080 g/mol. The van der Waals surface area contributed by atoms with Gasteiger partial charge in [-0.05, 0) is 25.7 Å². The Labute approximate surface area is 444 Å². The second kappa shape index (κ2) is 39.3. The Morgan fingerprint density at radius 3 is 0.682 bits per heavy atom. The number of aryl methyl sites for hydroxylation is 4. The molecule has 0 bridgehead atoms. The number of fused-ring (bicyclic) bond motifs is 4. The number of halogens is 2. The van der Waals surface area contributed by atoms with Crippen molar-refractivity contribution in [3.05, 3.63) is 168 Å². The minimum atomic E-state index is 0. The molecule has 8 rings (SSSR count). The van der Waals surface area contributed by atoms with E-state index in [1.54, 1.807) is 0 Å². The molecule has 0 atom stereocenters. The first kappa shape index (κ1) is 61.4. The maximum Gasteiger partial charge on any atom is -1.00 e. The molecular formula is C62H80Cl2Zr2-2. The van der Waals surface area contributed by atoms with Crippen LogP contribution in [0.25, 0.3) is 43.1 Å². The Morgan fingerprint density at radius 1 is 0.303 bits per heavy atom. The topological polar surface area (TPSA) is 0 Å². The van der Waals surface area contributed by atoms with E-state index in [0.29, 0.717) is 0 Å². The van der Waals surface area contributed by atoms with Gasteiger partial charge in [0.25, 0.3) is 0 Å². The molecule has 0 aliphatic rings. The minimum Gasteiger partial charge on any atom is -1.00 e. The van der Waals surface area contributed by atoms with Gasteiger partial charge in [0.1, 0.15) is 0 Å². The van der Waals surface area contributed by atoms with Crippen LogP contribution < -0.4 is 24.8 Å². The number of unbranched alkanes of at least 4 members (excludes halogenated alkanes) is 12. The minimum absolute atomic E-state index is 0. The van der Waals surface area contributed by atoms with Crippen molar-refractivity contribution >= 4 is 51.5 Å². The van der Waals surface area contributed by atoms with Gasteiger partial charge in [0.05, 0.1) is 0 Å². The molecule has 0 amide bonds. The Morgan fingerprint density at radius 2 is 0.500 bits per heavy atom. The predicted octanol–water partition coefficient (Wildman–Crippen LogP) is 12.7. The maximum absolute atomic E-state index is 3.34. The van der Waals surface area contributed by atoms with E-state index in [0.717, 1.165) is 0 Å². The SMILES string of the molecule is CCCCCCc1cc2ccccc2[cH-]1.CCCCCCc1cc2ccccc2[cH-]1.CCCCCCc1cc2ccccc2[cH-]1.CCCCCCc1cc2ccccc2[cH-]1.[CH2]=[Zr+2].[CH2]=[Zr+2].[Cl-].[Cl-]. The number of rotatable bonds is 20. The molecule has 4 heteroatoms. The van der Waals surface area contributed by atoms with Crippen molar-refractivity contribution < 1.29 is 73.3 Å². The zero-order valence-electron chi connectivity index (χ0n) is 41.2. The van der Waals surface area contributed by atoms with E-state index in [1.807, 2.05) is 0 Å². The molecule has 0 nitrogen and oxygen atoms in total. The van der Waals surface area contributed by atoms with Crippen molar-refractivity contribution in [1.82, 2.24) is 0 Å². The Balaban J connectivity index is 0.000000424. The molecule has 0 aliphatic carbocycles. The molecule has 0 aliphatic heterocycles. The molecule has 0 radical (unpaired) electrons. The first-order valence-electron chi connectivity index (χ1n) is 24.9.